The molecule has 4 aromatic rings. The van der Waals surface area contributed by atoms with E-state index < -0.39 is 6.10 Å². The number of piperidine rings is 1. The zero-order valence-electron chi connectivity index (χ0n) is 21.1. The minimum absolute atomic E-state index is 0.0390. The highest BCUT2D eigenvalue weighted by Gasteiger charge is 2.33. The number of carbonyl (C=O) groups excluding carboxylic acids is 2. The Morgan fingerprint density at radius 1 is 1.11 bits per heavy atom. The van der Waals surface area contributed by atoms with Gasteiger partial charge in [-0.3, -0.25) is 19.4 Å². The lowest BCUT2D eigenvalue weighted by atomic mass is 9.88. The molecule has 38 heavy (non-hydrogen) atoms. The maximum absolute atomic E-state index is 13.1. The van der Waals surface area contributed by atoms with E-state index in [1.807, 2.05) is 48.7 Å². The first-order valence-electron chi connectivity index (χ1n) is 12.9. The van der Waals surface area contributed by atoms with Crippen LogP contribution in [0.2, 0.25) is 0 Å². The van der Waals surface area contributed by atoms with Crippen LogP contribution >= 0.6 is 0 Å². The average Bonchev–Trinajstić information content (AvgIpc) is 3.41. The topological polar surface area (TPSA) is 128 Å². The number of anilines is 1. The van der Waals surface area contributed by atoms with Gasteiger partial charge in [0.1, 0.15) is 5.82 Å². The first-order valence-corrected chi connectivity index (χ1v) is 12.9. The van der Waals surface area contributed by atoms with Crippen molar-refractivity contribution in [3.63, 3.8) is 0 Å². The zero-order valence-corrected chi connectivity index (χ0v) is 21.1. The van der Waals surface area contributed by atoms with Crippen molar-refractivity contribution in [1.29, 1.82) is 0 Å². The van der Waals surface area contributed by atoms with E-state index in [9.17, 15) is 9.59 Å². The summed E-state index contributed by atoms with van der Waals surface area (Å²) in [7, 11) is 0. The van der Waals surface area contributed by atoms with E-state index in [0.717, 1.165) is 28.1 Å². The Morgan fingerprint density at radius 3 is 2.61 bits per heavy atom. The van der Waals surface area contributed by atoms with Gasteiger partial charge in [0.15, 0.2) is 17.5 Å². The van der Waals surface area contributed by atoms with Crippen LogP contribution in [0.1, 0.15) is 48.2 Å². The van der Waals surface area contributed by atoms with Crippen LogP contribution in [0.5, 0.6) is 0 Å². The number of nitrogens with zero attached hydrogens (tertiary/aromatic N) is 5. The molecule has 2 aliphatic heterocycles. The van der Waals surface area contributed by atoms with Crippen LogP contribution in [0, 0.1) is 0 Å². The number of carbonyl (C=O) groups is 2. The van der Waals surface area contributed by atoms with Gasteiger partial charge in [-0.1, -0.05) is 36.4 Å². The standard InChI is InChI=1S/C28H29N7O3/c1-17(38-29)28(37)34-13-10-19(11-14-34)25-24-23(36)9-12-30-27(24)35-26(33-25)21(16-32-35)20-7-8-22(31-15-20)18-5-3-2-4-6-18/h2-8,15-17,19,30H,9-14,29H2,1H3/t17-/m1/s1. The lowest BCUT2D eigenvalue weighted by Crippen LogP contribution is -2.44. The lowest BCUT2D eigenvalue weighted by molar-refractivity contribution is -0.144. The number of nitrogens with one attached hydrogen (secondary N) is 1. The van der Waals surface area contributed by atoms with Crippen molar-refractivity contribution < 1.29 is 14.4 Å². The Hall–Kier alpha value is -4.15. The van der Waals surface area contributed by atoms with Crippen molar-refractivity contribution in [2.45, 2.75) is 38.2 Å². The zero-order chi connectivity index (χ0) is 26.2. The fourth-order valence-corrected chi connectivity index (χ4v) is 5.39. The monoisotopic (exact) mass is 511 g/mol. The van der Waals surface area contributed by atoms with Gasteiger partial charge in [-0.25, -0.2) is 10.9 Å². The van der Waals surface area contributed by atoms with E-state index in [-0.39, 0.29) is 17.6 Å². The Labute approximate surface area is 219 Å². The number of ketones is 1. The molecule has 10 nitrogen and oxygen atoms in total. The summed E-state index contributed by atoms with van der Waals surface area (Å²) in [6, 6.07) is 14.0. The van der Waals surface area contributed by atoms with E-state index in [0.29, 0.717) is 55.9 Å². The van der Waals surface area contributed by atoms with Crippen molar-refractivity contribution in [3.05, 3.63) is 66.1 Å². The van der Waals surface area contributed by atoms with Crippen LogP contribution in [-0.2, 0) is 9.63 Å². The molecule has 3 N–H and O–H groups in total. The van der Waals surface area contributed by atoms with Crippen molar-refractivity contribution in [3.8, 4) is 22.4 Å². The molecule has 0 aliphatic carbocycles. The second kappa shape index (κ2) is 9.96. The molecule has 2 aliphatic rings. The predicted octanol–water partition coefficient (Wildman–Crippen LogP) is 3.44. The average molecular weight is 512 g/mol. The number of aromatic nitrogens is 4. The van der Waals surface area contributed by atoms with Crippen LogP contribution in [0.15, 0.2) is 54.9 Å². The first-order chi connectivity index (χ1) is 18.5. The van der Waals surface area contributed by atoms with E-state index in [1.54, 1.807) is 22.5 Å². The lowest BCUT2D eigenvalue weighted by Gasteiger charge is -2.34. The quantitative estimate of drug-likeness (QED) is 0.390. The number of rotatable bonds is 5. The molecule has 1 aromatic carbocycles. The van der Waals surface area contributed by atoms with Gasteiger partial charge in [-0.05, 0) is 25.8 Å². The molecule has 1 amide bonds. The number of Topliss-reactive ketones (excluding diaryl/α,β-unsaturated/α-hetero) is 1. The fraction of sp³-hybridized carbons (Fsp3) is 0.321. The van der Waals surface area contributed by atoms with Gasteiger partial charge in [-0.2, -0.15) is 9.61 Å². The summed E-state index contributed by atoms with van der Waals surface area (Å²) >= 11 is 0. The smallest absolute Gasteiger partial charge is 0.253 e. The molecule has 1 fully saturated rings. The summed E-state index contributed by atoms with van der Waals surface area (Å²) in [6.07, 6.45) is 4.74. The maximum atomic E-state index is 13.1. The van der Waals surface area contributed by atoms with Gasteiger partial charge in [0.2, 0.25) is 0 Å². The molecule has 0 bridgehead atoms. The molecular formula is C28H29N7O3. The molecule has 3 aromatic heterocycles. The molecule has 6 rings (SSSR count). The highest BCUT2D eigenvalue weighted by Crippen LogP contribution is 2.37. The molecule has 0 saturated carbocycles. The number of hydrogen-bond donors (Lipinski definition) is 2. The summed E-state index contributed by atoms with van der Waals surface area (Å²) in [5.74, 6) is 5.88. The fourth-order valence-electron chi connectivity index (χ4n) is 5.39. The molecular weight excluding hydrogens is 482 g/mol. The summed E-state index contributed by atoms with van der Waals surface area (Å²) in [5.41, 5.74) is 5.75. The Balaban J connectivity index is 1.37. The minimum atomic E-state index is -0.684. The van der Waals surface area contributed by atoms with Crippen LogP contribution in [0.4, 0.5) is 5.82 Å². The van der Waals surface area contributed by atoms with Crippen molar-refractivity contribution in [2.75, 3.05) is 25.0 Å². The summed E-state index contributed by atoms with van der Waals surface area (Å²) in [4.78, 5) is 41.9. The third-order valence-electron chi connectivity index (χ3n) is 7.49. The molecule has 194 valence electrons. The Kier molecular flexibility index (Phi) is 6.34. The van der Waals surface area contributed by atoms with Gasteiger partial charge in [0.25, 0.3) is 5.91 Å². The molecule has 0 unspecified atom stereocenters. The summed E-state index contributed by atoms with van der Waals surface area (Å²) in [6.45, 7) is 3.30. The van der Waals surface area contributed by atoms with Gasteiger partial charge < -0.3 is 10.2 Å². The maximum Gasteiger partial charge on any atom is 0.253 e. The Bertz CT molecular complexity index is 1490. The second-order valence-corrected chi connectivity index (χ2v) is 9.79. The molecule has 0 radical (unpaired) electrons. The first kappa shape index (κ1) is 24.2. The summed E-state index contributed by atoms with van der Waals surface area (Å²) < 4.78 is 1.73. The van der Waals surface area contributed by atoms with E-state index in [1.165, 1.54) is 0 Å². The van der Waals surface area contributed by atoms with E-state index in [2.05, 4.69) is 15.4 Å². The predicted molar refractivity (Wildman–Crippen MR) is 142 cm³/mol. The molecule has 1 atom stereocenters. The molecule has 0 spiro atoms. The molecule has 1 saturated heterocycles. The number of amides is 1. The third kappa shape index (κ3) is 4.21. The highest BCUT2D eigenvalue weighted by atomic mass is 16.6. The number of likely N-dealkylation sites (tertiary alicyclic amines) is 1. The number of fused-ring (bicyclic) bond motifs is 3. The van der Waals surface area contributed by atoms with Gasteiger partial charge in [0, 0.05) is 54.9 Å². The number of nitrogens with two attached hydrogens (primary N) is 1. The molecule has 10 heteroatoms. The van der Waals surface area contributed by atoms with Crippen LogP contribution in [-0.4, -0.2) is 61.9 Å². The number of hydrogen-bond acceptors (Lipinski definition) is 8. The number of pyridine rings is 1. The number of benzene rings is 1. The van der Waals surface area contributed by atoms with Gasteiger partial charge >= 0.3 is 0 Å². The molecule has 5 heterocycles. The minimum Gasteiger partial charge on any atom is -0.369 e. The largest absolute Gasteiger partial charge is 0.369 e. The van der Waals surface area contributed by atoms with E-state index >= 15 is 0 Å². The SMILES string of the molecule is C[C@@H](ON)C(=O)N1CCC(c2nc3c(-c4ccc(-c5ccccc5)nc4)cnn3c3c2C(=O)CCN3)CC1. The van der Waals surface area contributed by atoms with Crippen molar-refractivity contribution >= 4 is 23.2 Å². The highest BCUT2D eigenvalue weighted by molar-refractivity contribution is 6.04. The van der Waals surface area contributed by atoms with Crippen LogP contribution < -0.4 is 11.2 Å². The Morgan fingerprint density at radius 2 is 1.89 bits per heavy atom. The van der Waals surface area contributed by atoms with E-state index in [4.69, 9.17) is 15.7 Å². The van der Waals surface area contributed by atoms with Crippen LogP contribution in [0.3, 0.4) is 0 Å². The summed E-state index contributed by atoms with van der Waals surface area (Å²) in [5, 5.41) is 8.00. The van der Waals surface area contributed by atoms with Gasteiger partial charge in [-0.15, -0.1) is 0 Å². The normalized spacial score (nSPS) is 16.8. The van der Waals surface area contributed by atoms with Crippen molar-refractivity contribution in [2.24, 2.45) is 5.90 Å². The second-order valence-electron chi connectivity index (χ2n) is 9.79. The van der Waals surface area contributed by atoms with Crippen LogP contribution in [0.25, 0.3) is 28.0 Å². The van der Waals surface area contributed by atoms with Crippen molar-refractivity contribution in [1.82, 2.24) is 24.5 Å². The van der Waals surface area contributed by atoms with Gasteiger partial charge in [0.05, 0.1) is 23.1 Å². The third-order valence-corrected chi connectivity index (χ3v) is 7.49.